The molecule has 0 aliphatic carbocycles. The van der Waals surface area contributed by atoms with Crippen molar-refractivity contribution in [1.82, 2.24) is 39.5 Å². The summed E-state index contributed by atoms with van der Waals surface area (Å²) in [6, 6.07) is 64.8. The van der Waals surface area contributed by atoms with Crippen molar-refractivity contribution >= 4 is 21.8 Å². The Morgan fingerprint density at radius 3 is 1.25 bits per heavy atom. The van der Waals surface area contributed by atoms with Crippen LogP contribution in [-0.4, -0.2) is 39.5 Å². The van der Waals surface area contributed by atoms with Crippen LogP contribution in [0.25, 0.3) is 107 Å². The fourth-order valence-electron chi connectivity index (χ4n) is 8.62. The zero-order valence-electron chi connectivity index (χ0n) is 35.5. The standard InChI is InChI=1S/C56H40N8/c1-35-30-45(49-33-47(38-18-8-4-9-19-38)60-54(62-49)40-22-12-6-13-23-40)53(46(31-35)50-34-48(39-20-10-5-11-21-39)61-55(63-50)41-24-14-7-15-25-41)64-51-27-17-16-26-43(51)44-29-28-42(32-52(44)64)56-58-36(2)57-37(3)59-56/h4-34H,1-3H3. The first-order chi connectivity index (χ1) is 31.4. The fraction of sp³-hybridized carbons (Fsp3) is 0.0536. The van der Waals surface area contributed by atoms with E-state index < -0.39 is 0 Å². The van der Waals surface area contributed by atoms with Gasteiger partial charge in [-0.2, -0.15) is 0 Å². The van der Waals surface area contributed by atoms with Crippen molar-refractivity contribution < 1.29 is 0 Å². The molecule has 0 radical (unpaired) electrons. The molecule has 0 aliphatic heterocycles. The van der Waals surface area contributed by atoms with Crippen LogP contribution in [0.2, 0.25) is 0 Å². The highest BCUT2D eigenvalue weighted by molar-refractivity contribution is 6.11. The first kappa shape index (κ1) is 38.4. The Hall–Kier alpha value is -8.49. The maximum Gasteiger partial charge on any atom is 0.163 e. The van der Waals surface area contributed by atoms with Gasteiger partial charge in [-0.25, -0.2) is 34.9 Å². The molecule has 4 heterocycles. The smallest absolute Gasteiger partial charge is 0.163 e. The average Bonchev–Trinajstić information content (AvgIpc) is 3.67. The van der Waals surface area contributed by atoms with E-state index in [2.05, 4.69) is 132 Å². The molecule has 7 aromatic carbocycles. The molecule has 8 nitrogen and oxygen atoms in total. The second kappa shape index (κ2) is 16.1. The summed E-state index contributed by atoms with van der Waals surface area (Å²) in [7, 11) is 0. The lowest BCUT2D eigenvalue weighted by atomic mass is 9.96. The number of rotatable bonds is 8. The lowest BCUT2D eigenvalue weighted by molar-refractivity contribution is 0.928. The van der Waals surface area contributed by atoms with Gasteiger partial charge in [0.05, 0.1) is 39.5 Å². The van der Waals surface area contributed by atoms with Crippen molar-refractivity contribution in [3.63, 3.8) is 0 Å². The third-order valence-corrected chi connectivity index (χ3v) is 11.5. The minimum Gasteiger partial charge on any atom is -0.308 e. The number of aryl methyl sites for hydroxylation is 3. The summed E-state index contributed by atoms with van der Waals surface area (Å²) in [6.45, 7) is 5.95. The highest BCUT2D eigenvalue weighted by atomic mass is 15.0. The number of para-hydroxylation sites is 1. The van der Waals surface area contributed by atoms with E-state index >= 15 is 0 Å². The van der Waals surface area contributed by atoms with Gasteiger partial charge < -0.3 is 4.57 Å². The highest BCUT2D eigenvalue weighted by Crippen LogP contribution is 2.44. The summed E-state index contributed by atoms with van der Waals surface area (Å²) in [5, 5.41) is 2.20. The topological polar surface area (TPSA) is 95.2 Å². The predicted octanol–water partition coefficient (Wildman–Crippen LogP) is 13.1. The molecule has 0 N–H and O–H groups in total. The Labute approximate surface area is 370 Å². The van der Waals surface area contributed by atoms with E-state index in [4.69, 9.17) is 29.9 Å². The number of hydrogen-bond donors (Lipinski definition) is 0. The summed E-state index contributed by atoms with van der Waals surface area (Å²) in [6.07, 6.45) is 0. The first-order valence-electron chi connectivity index (χ1n) is 21.3. The van der Waals surface area contributed by atoms with Gasteiger partial charge in [-0.05, 0) is 62.7 Å². The molecule has 0 unspecified atom stereocenters. The SMILES string of the molecule is Cc1cc(-c2cc(-c3ccccc3)nc(-c3ccccc3)n2)c(-n2c3ccccc3c3ccc(-c4nc(C)nc(C)n4)cc32)c(-c2cc(-c3ccccc3)nc(-c3ccccc3)n2)c1. The van der Waals surface area contributed by atoms with Crippen LogP contribution >= 0.6 is 0 Å². The van der Waals surface area contributed by atoms with E-state index in [1.54, 1.807) is 0 Å². The molecule has 0 atom stereocenters. The monoisotopic (exact) mass is 824 g/mol. The van der Waals surface area contributed by atoms with Gasteiger partial charge in [-0.3, -0.25) is 0 Å². The van der Waals surface area contributed by atoms with Gasteiger partial charge in [0, 0.05) is 49.7 Å². The van der Waals surface area contributed by atoms with E-state index in [0.29, 0.717) is 29.1 Å². The van der Waals surface area contributed by atoms with E-state index in [9.17, 15) is 0 Å². The molecule has 64 heavy (non-hydrogen) atoms. The van der Waals surface area contributed by atoms with Crippen LogP contribution in [0.5, 0.6) is 0 Å². The molecule has 304 valence electrons. The fourth-order valence-corrected chi connectivity index (χ4v) is 8.62. The van der Waals surface area contributed by atoms with Gasteiger partial charge in [0.15, 0.2) is 17.5 Å². The Morgan fingerprint density at radius 2 is 0.734 bits per heavy atom. The van der Waals surface area contributed by atoms with E-state index in [0.717, 1.165) is 94.8 Å². The predicted molar refractivity (Wildman–Crippen MR) is 258 cm³/mol. The van der Waals surface area contributed by atoms with Gasteiger partial charge in [0.1, 0.15) is 11.6 Å². The van der Waals surface area contributed by atoms with Crippen LogP contribution in [0.4, 0.5) is 0 Å². The van der Waals surface area contributed by atoms with Gasteiger partial charge >= 0.3 is 0 Å². The first-order valence-corrected chi connectivity index (χ1v) is 21.3. The van der Waals surface area contributed by atoms with Crippen molar-refractivity contribution in [3.05, 3.63) is 205 Å². The molecule has 11 aromatic rings. The lowest BCUT2D eigenvalue weighted by Gasteiger charge is -2.21. The van der Waals surface area contributed by atoms with Crippen molar-refractivity contribution in [2.24, 2.45) is 0 Å². The largest absolute Gasteiger partial charge is 0.308 e. The van der Waals surface area contributed by atoms with Crippen LogP contribution in [0.1, 0.15) is 17.2 Å². The molecule has 0 fully saturated rings. The lowest BCUT2D eigenvalue weighted by Crippen LogP contribution is -2.05. The molecule has 0 spiro atoms. The highest BCUT2D eigenvalue weighted by Gasteiger charge is 2.25. The van der Waals surface area contributed by atoms with Gasteiger partial charge in [0.25, 0.3) is 0 Å². The molecule has 4 aromatic heterocycles. The molecule has 0 aliphatic rings. The summed E-state index contributed by atoms with van der Waals surface area (Å²) in [5.74, 6) is 3.24. The quantitative estimate of drug-likeness (QED) is 0.151. The third-order valence-electron chi connectivity index (χ3n) is 11.5. The van der Waals surface area contributed by atoms with Crippen molar-refractivity contribution in [2.45, 2.75) is 20.8 Å². The minimum atomic E-state index is 0.625. The van der Waals surface area contributed by atoms with Crippen LogP contribution < -0.4 is 0 Å². The third kappa shape index (κ3) is 7.16. The van der Waals surface area contributed by atoms with E-state index in [-0.39, 0.29) is 0 Å². The number of fused-ring (bicyclic) bond motifs is 3. The number of aromatic nitrogens is 8. The Kier molecular flexibility index (Phi) is 9.66. The average molecular weight is 825 g/mol. The summed E-state index contributed by atoms with van der Waals surface area (Å²) >= 11 is 0. The summed E-state index contributed by atoms with van der Waals surface area (Å²) in [4.78, 5) is 35.3. The Balaban J connectivity index is 1.28. The zero-order chi connectivity index (χ0) is 43.1. The number of benzene rings is 7. The molecule has 11 rings (SSSR count). The van der Waals surface area contributed by atoms with E-state index in [1.165, 1.54) is 0 Å². The van der Waals surface area contributed by atoms with E-state index in [1.807, 2.05) is 86.6 Å². The van der Waals surface area contributed by atoms with Crippen LogP contribution in [0.3, 0.4) is 0 Å². The summed E-state index contributed by atoms with van der Waals surface area (Å²) < 4.78 is 2.37. The van der Waals surface area contributed by atoms with Crippen molar-refractivity contribution in [2.75, 3.05) is 0 Å². The van der Waals surface area contributed by atoms with Gasteiger partial charge in [-0.15, -0.1) is 0 Å². The normalized spacial score (nSPS) is 11.4. The molecular weight excluding hydrogens is 785 g/mol. The Bertz CT molecular complexity index is 3230. The maximum absolute atomic E-state index is 5.44. The van der Waals surface area contributed by atoms with Crippen LogP contribution in [0.15, 0.2) is 188 Å². The molecule has 8 heteroatoms. The second-order valence-electron chi connectivity index (χ2n) is 15.9. The van der Waals surface area contributed by atoms with Crippen molar-refractivity contribution in [3.8, 4) is 84.9 Å². The maximum atomic E-state index is 5.44. The number of nitrogens with zero attached hydrogens (tertiary/aromatic N) is 8. The molecule has 0 bridgehead atoms. The summed E-state index contributed by atoms with van der Waals surface area (Å²) in [5.41, 5.74) is 13.8. The zero-order valence-corrected chi connectivity index (χ0v) is 35.5. The number of hydrogen-bond acceptors (Lipinski definition) is 7. The molecular formula is C56H40N8. The van der Waals surface area contributed by atoms with Crippen molar-refractivity contribution in [1.29, 1.82) is 0 Å². The molecule has 0 saturated heterocycles. The van der Waals surface area contributed by atoms with Crippen LogP contribution in [0, 0.1) is 20.8 Å². The molecule has 0 saturated carbocycles. The minimum absolute atomic E-state index is 0.625. The molecule has 0 amide bonds. The van der Waals surface area contributed by atoms with Crippen LogP contribution in [-0.2, 0) is 0 Å². The second-order valence-corrected chi connectivity index (χ2v) is 15.9. The van der Waals surface area contributed by atoms with Gasteiger partial charge in [0.2, 0.25) is 0 Å². The Morgan fingerprint density at radius 1 is 0.312 bits per heavy atom. The van der Waals surface area contributed by atoms with Gasteiger partial charge in [-0.1, -0.05) is 152 Å².